The average Bonchev–Trinajstić information content (AvgIpc) is 2.43. The number of benzene rings is 2. The molecule has 0 spiro atoms. The van der Waals surface area contributed by atoms with Gasteiger partial charge in [-0.2, -0.15) is 0 Å². The van der Waals surface area contributed by atoms with E-state index in [1.165, 1.54) is 0 Å². The Hall–Kier alpha value is -1.23. The normalized spacial score (nSPS) is 11.8. The highest BCUT2D eigenvalue weighted by atomic mass is 79.9. The third-order valence-corrected chi connectivity index (χ3v) is 3.83. The van der Waals surface area contributed by atoms with Crippen molar-refractivity contribution in [2.24, 2.45) is 0 Å². The maximum atomic E-state index is 12.1. The van der Waals surface area contributed by atoms with E-state index < -0.39 is 6.10 Å². The molecule has 1 unspecified atom stereocenters. The van der Waals surface area contributed by atoms with Gasteiger partial charge in [-0.05, 0) is 59.3 Å². The van der Waals surface area contributed by atoms with Crippen molar-refractivity contribution in [3.8, 4) is 5.75 Å². The Bertz CT molecular complexity index is 664. The summed E-state index contributed by atoms with van der Waals surface area (Å²) in [5.41, 5.74) is 0.592. The summed E-state index contributed by atoms with van der Waals surface area (Å²) in [7, 11) is 0. The van der Waals surface area contributed by atoms with Crippen molar-refractivity contribution in [3.63, 3.8) is 0 Å². The van der Waals surface area contributed by atoms with Crippen molar-refractivity contribution in [2.45, 2.75) is 13.0 Å². The molecule has 1 N–H and O–H groups in total. The van der Waals surface area contributed by atoms with Crippen molar-refractivity contribution < 1.29 is 9.53 Å². The summed E-state index contributed by atoms with van der Waals surface area (Å²) in [4.78, 5) is 12.1. The lowest BCUT2D eigenvalue weighted by molar-refractivity contribution is -0.122. The second-order valence-corrected chi connectivity index (χ2v) is 6.06. The van der Waals surface area contributed by atoms with E-state index in [0.717, 1.165) is 4.47 Å². The minimum absolute atomic E-state index is 0.280. The highest BCUT2D eigenvalue weighted by Gasteiger charge is 2.16. The van der Waals surface area contributed by atoms with Crippen LogP contribution in [0.15, 0.2) is 46.9 Å². The molecule has 0 saturated carbocycles. The van der Waals surface area contributed by atoms with Gasteiger partial charge in [0.2, 0.25) is 0 Å². The standard InChI is InChI=1S/C15H12BrCl2NO2/c1-9(21-12-4-2-3-10(17)7-12)15(20)19-14-8-11(18)5-6-13(14)16/h2-9H,1H3,(H,19,20). The smallest absolute Gasteiger partial charge is 0.265 e. The van der Waals surface area contributed by atoms with Crippen LogP contribution in [-0.2, 0) is 4.79 Å². The van der Waals surface area contributed by atoms with E-state index in [2.05, 4.69) is 21.2 Å². The lowest BCUT2D eigenvalue weighted by atomic mass is 10.3. The van der Waals surface area contributed by atoms with E-state index >= 15 is 0 Å². The van der Waals surface area contributed by atoms with Crippen molar-refractivity contribution in [2.75, 3.05) is 5.32 Å². The van der Waals surface area contributed by atoms with Gasteiger partial charge in [-0.15, -0.1) is 0 Å². The number of halogens is 3. The number of carbonyl (C=O) groups is 1. The molecule has 0 aliphatic heterocycles. The minimum atomic E-state index is -0.672. The molecule has 0 aromatic heterocycles. The first-order valence-electron chi connectivity index (χ1n) is 6.14. The third-order valence-electron chi connectivity index (χ3n) is 2.66. The molecule has 2 rings (SSSR count). The van der Waals surface area contributed by atoms with Crippen LogP contribution in [0.1, 0.15) is 6.92 Å². The number of carbonyl (C=O) groups excluding carboxylic acids is 1. The van der Waals surface area contributed by atoms with Crippen LogP contribution in [0.2, 0.25) is 10.0 Å². The average molecular weight is 389 g/mol. The van der Waals surface area contributed by atoms with Crippen LogP contribution in [-0.4, -0.2) is 12.0 Å². The minimum Gasteiger partial charge on any atom is -0.481 e. The van der Waals surface area contributed by atoms with Crippen molar-refractivity contribution >= 4 is 50.7 Å². The molecule has 6 heteroatoms. The molecule has 3 nitrogen and oxygen atoms in total. The van der Waals surface area contributed by atoms with Crippen LogP contribution in [0.3, 0.4) is 0 Å². The second-order valence-electron chi connectivity index (χ2n) is 4.33. The summed E-state index contributed by atoms with van der Waals surface area (Å²) in [5, 5.41) is 3.85. The molecule has 0 saturated heterocycles. The highest BCUT2D eigenvalue weighted by Crippen LogP contribution is 2.26. The molecule has 0 heterocycles. The Kier molecular flexibility index (Phi) is 5.51. The Morgan fingerprint density at radius 1 is 1.19 bits per heavy atom. The fraction of sp³-hybridized carbons (Fsp3) is 0.133. The van der Waals surface area contributed by atoms with Gasteiger partial charge >= 0.3 is 0 Å². The quantitative estimate of drug-likeness (QED) is 0.785. The van der Waals surface area contributed by atoms with Crippen LogP contribution in [0, 0.1) is 0 Å². The van der Waals surface area contributed by atoms with E-state index in [4.69, 9.17) is 27.9 Å². The summed E-state index contributed by atoms with van der Waals surface area (Å²) in [6.45, 7) is 1.66. The number of anilines is 1. The topological polar surface area (TPSA) is 38.3 Å². The lowest BCUT2D eigenvalue weighted by Crippen LogP contribution is -2.30. The molecule has 0 bridgehead atoms. The Labute approximate surface area is 141 Å². The van der Waals surface area contributed by atoms with Gasteiger partial charge in [0, 0.05) is 14.5 Å². The molecule has 110 valence electrons. The number of rotatable bonds is 4. The van der Waals surface area contributed by atoms with Crippen LogP contribution < -0.4 is 10.1 Å². The first kappa shape index (κ1) is 16.1. The highest BCUT2D eigenvalue weighted by molar-refractivity contribution is 9.10. The lowest BCUT2D eigenvalue weighted by Gasteiger charge is -2.15. The third kappa shape index (κ3) is 4.63. The SMILES string of the molecule is CC(Oc1cccc(Cl)c1)C(=O)Nc1cc(Cl)ccc1Br. The molecular weight excluding hydrogens is 377 g/mol. The summed E-state index contributed by atoms with van der Waals surface area (Å²) in [5.74, 6) is 0.258. The Morgan fingerprint density at radius 2 is 1.90 bits per heavy atom. The van der Waals surface area contributed by atoms with Crippen molar-refractivity contribution in [3.05, 3.63) is 57.0 Å². The maximum Gasteiger partial charge on any atom is 0.265 e. The summed E-state index contributed by atoms with van der Waals surface area (Å²) >= 11 is 15.1. The molecular formula is C15H12BrCl2NO2. The summed E-state index contributed by atoms with van der Waals surface area (Å²) in [6, 6.07) is 12.0. The first-order valence-corrected chi connectivity index (χ1v) is 7.69. The van der Waals surface area contributed by atoms with Crippen molar-refractivity contribution in [1.29, 1.82) is 0 Å². The van der Waals surface area contributed by atoms with E-state index in [-0.39, 0.29) is 5.91 Å². The predicted octanol–water partition coefficient (Wildman–Crippen LogP) is 5.16. The maximum absolute atomic E-state index is 12.1. The zero-order valence-electron chi connectivity index (χ0n) is 11.1. The Morgan fingerprint density at radius 3 is 2.62 bits per heavy atom. The molecule has 2 aromatic rings. The predicted molar refractivity (Wildman–Crippen MR) is 89.3 cm³/mol. The molecule has 1 atom stereocenters. The van der Waals surface area contributed by atoms with Crippen LogP contribution in [0.4, 0.5) is 5.69 Å². The van der Waals surface area contributed by atoms with Gasteiger partial charge in [-0.25, -0.2) is 0 Å². The molecule has 2 aromatic carbocycles. The van der Waals surface area contributed by atoms with Crippen LogP contribution >= 0.6 is 39.1 Å². The van der Waals surface area contributed by atoms with Gasteiger partial charge < -0.3 is 10.1 Å². The van der Waals surface area contributed by atoms with Crippen LogP contribution in [0.5, 0.6) is 5.75 Å². The fourth-order valence-corrected chi connectivity index (χ4v) is 2.32. The monoisotopic (exact) mass is 387 g/mol. The largest absolute Gasteiger partial charge is 0.481 e. The molecule has 0 aliphatic rings. The first-order chi connectivity index (χ1) is 9.95. The zero-order valence-corrected chi connectivity index (χ0v) is 14.2. The molecule has 1 amide bonds. The van der Waals surface area contributed by atoms with Gasteiger partial charge in [0.1, 0.15) is 5.75 Å². The molecule has 0 fully saturated rings. The van der Waals surface area contributed by atoms with Gasteiger partial charge in [0.15, 0.2) is 6.10 Å². The second kappa shape index (κ2) is 7.16. The summed E-state index contributed by atoms with van der Waals surface area (Å²) in [6.07, 6.45) is -0.672. The van der Waals surface area contributed by atoms with Crippen LogP contribution in [0.25, 0.3) is 0 Å². The van der Waals surface area contributed by atoms with Gasteiger partial charge in [0.05, 0.1) is 5.69 Å². The number of nitrogens with one attached hydrogen (secondary N) is 1. The van der Waals surface area contributed by atoms with E-state index in [1.807, 2.05) is 0 Å². The summed E-state index contributed by atoms with van der Waals surface area (Å²) < 4.78 is 6.30. The van der Waals surface area contributed by atoms with Gasteiger partial charge in [-0.1, -0.05) is 29.3 Å². The van der Waals surface area contributed by atoms with Gasteiger partial charge in [-0.3, -0.25) is 4.79 Å². The fourth-order valence-electron chi connectivity index (χ4n) is 1.63. The Balaban J connectivity index is 2.04. The van der Waals surface area contributed by atoms with Gasteiger partial charge in [0.25, 0.3) is 5.91 Å². The van der Waals surface area contributed by atoms with E-state index in [1.54, 1.807) is 49.4 Å². The van der Waals surface area contributed by atoms with E-state index in [9.17, 15) is 4.79 Å². The molecule has 0 aliphatic carbocycles. The molecule has 0 radical (unpaired) electrons. The number of ether oxygens (including phenoxy) is 1. The molecule has 21 heavy (non-hydrogen) atoms. The number of hydrogen-bond acceptors (Lipinski definition) is 2. The number of amides is 1. The van der Waals surface area contributed by atoms with E-state index in [0.29, 0.717) is 21.5 Å². The zero-order chi connectivity index (χ0) is 15.4. The number of hydrogen-bond donors (Lipinski definition) is 1. The van der Waals surface area contributed by atoms with Crippen molar-refractivity contribution in [1.82, 2.24) is 0 Å².